The minimum Gasteiger partial charge on any atom is -0.494 e. The molecule has 0 spiro atoms. The van der Waals surface area contributed by atoms with Crippen LogP contribution in [0.5, 0.6) is 5.88 Å². The molecule has 1 aromatic heterocycles. The third kappa shape index (κ3) is 2.08. The number of pyridine rings is 1. The second kappa shape index (κ2) is 4.83. The number of carbonyl (C=O) groups is 1. The number of aryl methyl sites for hydroxylation is 1. The van der Waals surface area contributed by atoms with Crippen LogP contribution in [-0.2, 0) is 11.3 Å². The van der Waals surface area contributed by atoms with E-state index in [0.717, 1.165) is 4.57 Å². The van der Waals surface area contributed by atoms with Crippen LogP contribution in [0.1, 0.15) is 29.8 Å². The molecule has 0 unspecified atom stereocenters. The van der Waals surface area contributed by atoms with E-state index in [1.807, 2.05) is 0 Å². The number of rotatable bonds is 3. The lowest BCUT2D eigenvalue weighted by atomic mass is 10.1. The van der Waals surface area contributed by atoms with E-state index in [0.29, 0.717) is 12.1 Å². The first kappa shape index (κ1) is 12.3. The van der Waals surface area contributed by atoms with Gasteiger partial charge in [-0.2, -0.15) is 0 Å². The van der Waals surface area contributed by atoms with Crippen LogP contribution < -0.4 is 5.56 Å². The molecule has 1 aromatic rings. The van der Waals surface area contributed by atoms with Gasteiger partial charge in [0.05, 0.1) is 6.61 Å². The molecule has 5 heteroatoms. The highest BCUT2D eigenvalue weighted by Gasteiger charge is 2.19. The van der Waals surface area contributed by atoms with Crippen molar-refractivity contribution in [2.75, 3.05) is 6.61 Å². The monoisotopic (exact) mass is 225 g/mol. The molecule has 0 amide bonds. The van der Waals surface area contributed by atoms with E-state index in [9.17, 15) is 14.7 Å². The molecular formula is C11H15NO4. The fourth-order valence-electron chi connectivity index (χ4n) is 1.51. The first-order valence-corrected chi connectivity index (χ1v) is 5.13. The highest BCUT2D eigenvalue weighted by molar-refractivity contribution is 5.93. The van der Waals surface area contributed by atoms with Gasteiger partial charge in [0, 0.05) is 12.6 Å². The number of hydrogen-bond donors (Lipinski definition) is 1. The first-order chi connectivity index (χ1) is 7.52. The molecule has 0 aromatic carbocycles. The lowest BCUT2D eigenvalue weighted by Crippen LogP contribution is -2.22. The molecule has 0 aliphatic rings. The molecule has 1 N–H and O–H groups in total. The Hall–Kier alpha value is -1.78. The number of carbonyl (C=O) groups excluding carboxylic acids is 1. The van der Waals surface area contributed by atoms with Crippen LogP contribution in [0.25, 0.3) is 0 Å². The van der Waals surface area contributed by atoms with Gasteiger partial charge in [-0.05, 0) is 26.3 Å². The minimum absolute atomic E-state index is 0.0586. The van der Waals surface area contributed by atoms with Crippen molar-refractivity contribution in [2.24, 2.45) is 0 Å². The summed E-state index contributed by atoms with van der Waals surface area (Å²) in [5.74, 6) is -0.939. The van der Waals surface area contributed by atoms with E-state index in [2.05, 4.69) is 0 Å². The van der Waals surface area contributed by atoms with Crippen LogP contribution in [0.15, 0.2) is 10.9 Å². The summed E-state index contributed by atoms with van der Waals surface area (Å²) in [6, 6.07) is 1.31. The second-order valence-electron chi connectivity index (χ2n) is 3.33. The molecule has 5 nitrogen and oxygen atoms in total. The highest BCUT2D eigenvalue weighted by Crippen LogP contribution is 2.19. The number of hydrogen-bond acceptors (Lipinski definition) is 4. The quantitative estimate of drug-likeness (QED) is 0.781. The van der Waals surface area contributed by atoms with E-state index in [-0.39, 0.29) is 23.6 Å². The van der Waals surface area contributed by atoms with Gasteiger partial charge in [-0.1, -0.05) is 0 Å². The Bertz CT molecular complexity index is 462. The Morgan fingerprint density at radius 1 is 1.50 bits per heavy atom. The Morgan fingerprint density at radius 2 is 2.12 bits per heavy atom. The molecule has 0 radical (unpaired) electrons. The summed E-state index contributed by atoms with van der Waals surface area (Å²) >= 11 is 0. The van der Waals surface area contributed by atoms with Crippen LogP contribution >= 0.6 is 0 Å². The molecule has 0 aliphatic heterocycles. The molecule has 0 atom stereocenters. The summed E-state index contributed by atoms with van der Waals surface area (Å²) < 4.78 is 5.94. The number of aromatic hydroxyl groups is 1. The zero-order valence-corrected chi connectivity index (χ0v) is 9.61. The highest BCUT2D eigenvalue weighted by atomic mass is 16.5. The number of ether oxygens (including phenoxy) is 1. The predicted molar refractivity (Wildman–Crippen MR) is 58.7 cm³/mol. The Balaban J connectivity index is 3.39. The standard InChI is InChI=1S/C11H15NO4/c1-4-12-8(13)6-7(3)9(10(12)14)11(15)16-5-2/h6,14H,4-5H2,1-3H3. The van der Waals surface area contributed by atoms with Crippen molar-refractivity contribution < 1.29 is 14.6 Å². The molecule has 0 aliphatic carbocycles. The average Bonchev–Trinajstić information content (AvgIpc) is 2.17. The molecule has 1 rings (SSSR count). The number of aromatic nitrogens is 1. The van der Waals surface area contributed by atoms with Crippen molar-refractivity contribution >= 4 is 5.97 Å². The van der Waals surface area contributed by atoms with E-state index in [1.165, 1.54) is 6.07 Å². The smallest absolute Gasteiger partial charge is 0.343 e. The van der Waals surface area contributed by atoms with E-state index < -0.39 is 5.97 Å². The Labute approximate surface area is 93.3 Å². The van der Waals surface area contributed by atoms with Crippen LogP contribution in [0.4, 0.5) is 0 Å². The summed E-state index contributed by atoms with van der Waals surface area (Å²) in [5.41, 5.74) is 0.152. The molecule has 0 bridgehead atoms. The fraction of sp³-hybridized carbons (Fsp3) is 0.455. The van der Waals surface area contributed by atoms with Gasteiger partial charge in [0.15, 0.2) is 0 Å². The topological polar surface area (TPSA) is 68.5 Å². The van der Waals surface area contributed by atoms with E-state index >= 15 is 0 Å². The third-order valence-corrected chi connectivity index (χ3v) is 2.28. The van der Waals surface area contributed by atoms with Gasteiger partial charge in [0.25, 0.3) is 5.56 Å². The van der Waals surface area contributed by atoms with Gasteiger partial charge in [-0.3, -0.25) is 9.36 Å². The van der Waals surface area contributed by atoms with Gasteiger partial charge in [0.1, 0.15) is 5.56 Å². The van der Waals surface area contributed by atoms with Crippen LogP contribution in [0.3, 0.4) is 0 Å². The van der Waals surface area contributed by atoms with Gasteiger partial charge in [-0.25, -0.2) is 4.79 Å². The maximum Gasteiger partial charge on any atom is 0.343 e. The normalized spacial score (nSPS) is 10.2. The Morgan fingerprint density at radius 3 is 2.62 bits per heavy atom. The van der Waals surface area contributed by atoms with Crippen molar-refractivity contribution in [3.8, 4) is 5.88 Å². The summed E-state index contributed by atoms with van der Waals surface area (Å²) in [5, 5.41) is 9.81. The van der Waals surface area contributed by atoms with Crippen molar-refractivity contribution in [3.05, 3.63) is 27.5 Å². The fourth-order valence-corrected chi connectivity index (χ4v) is 1.51. The van der Waals surface area contributed by atoms with Gasteiger partial charge < -0.3 is 9.84 Å². The predicted octanol–water partition coefficient (Wildman–Crippen LogP) is 1.06. The lowest BCUT2D eigenvalue weighted by molar-refractivity contribution is 0.0520. The van der Waals surface area contributed by atoms with Crippen molar-refractivity contribution in [3.63, 3.8) is 0 Å². The molecule has 0 saturated carbocycles. The Kier molecular flexibility index (Phi) is 3.71. The third-order valence-electron chi connectivity index (χ3n) is 2.28. The number of esters is 1. The van der Waals surface area contributed by atoms with Crippen LogP contribution in [-0.4, -0.2) is 22.2 Å². The average molecular weight is 225 g/mol. The second-order valence-corrected chi connectivity index (χ2v) is 3.33. The molecule has 88 valence electrons. The summed E-state index contributed by atoms with van der Waals surface area (Å²) in [6.45, 7) is 5.51. The summed E-state index contributed by atoms with van der Waals surface area (Å²) in [6.07, 6.45) is 0. The molecule has 0 saturated heterocycles. The lowest BCUT2D eigenvalue weighted by Gasteiger charge is -2.11. The minimum atomic E-state index is -0.611. The molecule has 0 fully saturated rings. The van der Waals surface area contributed by atoms with Gasteiger partial charge in [-0.15, -0.1) is 0 Å². The van der Waals surface area contributed by atoms with E-state index in [4.69, 9.17) is 4.74 Å². The summed E-state index contributed by atoms with van der Waals surface area (Å²) in [7, 11) is 0. The SMILES string of the molecule is CCOC(=O)c1c(C)cc(=O)n(CC)c1O. The van der Waals surface area contributed by atoms with Crippen molar-refractivity contribution in [1.29, 1.82) is 0 Å². The maximum atomic E-state index is 11.6. The first-order valence-electron chi connectivity index (χ1n) is 5.13. The largest absolute Gasteiger partial charge is 0.494 e. The van der Waals surface area contributed by atoms with E-state index in [1.54, 1.807) is 20.8 Å². The van der Waals surface area contributed by atoms with Crippen molar-refractivity contribution in [1.82, 2.24) is 4.57 Å². The summed E-state index contributed by atoms with van der Waals surface area (Å²) in [4.78, 5) is 23.0. The van der Waals surface area contributed by atoms with Crippen LogP contribution in [0, 0.1) is 6.92 Å². The maximum absolute atomic E-state index is 11.6. The van der Waals surface area contributed by atoms with Crippen molar-refractivity contribution in [2.45, 2.75) is 27.3 Å². The zero-order valence-electron chi connectivity index (χ0n) is 9.61. The van der Waals surface area contributed by atoms with Gasteiger partial charge >= 0.3 is 5.97 Å². The zero-order chi connectivity index (χ0) is 12.3. The molecular weight excluding hydrogens is 210 g/mol. The molecule has 1 heterocycles. The van der Waals surface area contributed by atoms with Crippen LogP contribution in [0.2, 0.25) is 0 Å². The van der Waals surface area contributed by atoms with Gasteiger partial charge in [0.2, 0.25) is 5.88 Å². The number of nitrogens with zero attached hydrogens (tertiary/aromatic N) is 1. The molecule has 16 heavy (non-hydrogen) atoms.